The summed E-state index contributed by atoms with van der Waals surface area (Å²) in [5, 5.41) is 17.1. The van der Waals surface area contributed by atoms with Crippen LogP contribution >= 0.6 is 0 Å². The number of nitrogens with zero attached hydrogens (tertiary/aromatic N) is 1. The number of carbonyl (C=O) groups excluding carboxylic acids is 4. The standard InChI is InChI=1S/C34H47N5O8/c1-19-15-23-29(38-12-8-11-28-36-13-14-37-28)25(40)18-24(31(23)42)39-33(43)20(2)9-7-10-26(45-5)32(47-34(35)44)22(4)17-21(3)30(41)27(16-19)46-6/h7,9-10,13-14,17-19,21,26-27,30,32,38,41H,8,11-12,15-16H2,1-6H3,(H2,35,44)(H,36,37)(H,39,43)/b10-7-,20-9-,22-17-/t19-,21+,26-,27-,30+,32-/m1/s1. The normalized spacial score (nSPS) is 29.6. The zero-order valence-corrected chi connectivity index (χ0v) is 27.9. The number of allylic oxidation sites excluding steroid dienone is 4. The van der Waals surface area contributed by atoms with E-state index in [1.54, 1.807) is 44.5 Å². The number of Topliss-reactive ketones (excluding diaryl/α,β-unsaturated/α-hetero) is 1. The zero-order chi connectivity index (χ0) is 34.7. The van der Waals surface area contributed by atoms with Crippen molar-refractivity contribution in [3.63, 3.8) is 0 Å². The monoisotopic (exact) mass is 653 g/mol. The second kappa shape index (κ2) is 17.5. The summed E-state index contributed by atoms with van der Waals surface area (Å²) in [4.78, 5) is 59.4. The summed E-state index contributed by atoms with van der Waals surface area (Å²) >= 11 is 0. The Morgan fingerprint density at radius 2 is 1.91 bits per heavy atom. The van der Waals surface area contributed by atoms with Crippen molar-refractivity contribution < 1.29 is 38.5 Å². The Balaban J connectivity index is 2.00. The predicted molar refractivity (Wildman–Crippen MR) is 174 cm³/mol. The molecule has 0 aromatic carbocycles. The van der Waals surface area contributed by atoms with Gasteiger partial charge >= 0.3 is 6.09 Å². The lowest BCUT2D eigenvalue weighted by molar-refractivity contribution is -0.120. The molecule has 2 heterocycles. The van der Waals surface area contributed by atoms with E-state index >= 15 is 0 Å². The van der Waals surface area contributed by atoms with Crippen LogP contribution in [0.4, 0.5) is 4.79 Å². The molecule has 1 aliphatic heterocycles. The lowest BCUT2D eigenvalue weighted by atomic mass is 9.85. The van der Waals surface area contributed by atoms with Gasteiger partial charge in [-0.15, -0.1) is 0 Å². The van der Waals surface area contributed by atoms with Crippen LogP contribution in [0.2, 0.25) is 0 Å². The van der Waals surface area contributed by atoms with Gasteiger partial charge in [-0.1, -0.05) is 38.2 Å². The summed E-state index contributed by atoms with van der Waals surface area (Å²) in [5.41, 5.74) is 6.51. The number of nitrogens with two attached hydrogens (primary N) is 1. The molecule has 1 aliphatic carbocycles. The molecule has 1 aromatic rings. The van der Waals surface area contributed by atoms with Gasteiger partial charge in [0.05, 0.1) is 23.6 Å². The third-order valence-corrected chi connectivity index (χ3v) is 8.24. The number of aliphatic hydroxyl groups excluding tert-OH is 1. The number of H-pyrrole nitrogens is 1. The number of rotatable bonds is 8. The van der Waals surface area contributed by atoms with Crippen LogP contribution in [0.5, 0.6) is 0 Å². The fourth-order valence-electron chi connectivity index (χ4n) is 5.68. The van der Waals surface area contributed by atoms with Gasteiger partial charge in [0.2, 0.25) is 11.6 Å². The van der Waals surface area contributed by atoms with Crippen molar-refractivity contribution in [2.45, 2.75) is 77.8 Å². The van der Waals surface area contributed by atoms with Crippen LogP contribution in [0.15, 0.2) is 70.9 Å². The number of nitrogens with one attached hydrogen (secondary N) is 3. The number of primary amides is 1. The lowest BCUT2D eigenvalue weighted by Crippen LogP contribution is -2.38. The Labute approximate surface area is 275 Å². The molecule has 2 bridgehead atoms. The van der Waals surface area contributed by atoms with Crippen molar-refractivity contribution in [3.8, 4) is 0 Å². The first-order valence-corrected chi connectivity index (χ1v) is 15.7. The predicted octanol–water partition coefficient (Wildman–Crippen LogP) is 2.71. The Bertz CT molecular complexity index is 1440. The van der Waals surface area contributed by atoms with E-state index in [0.29, 0.717) is 31.4 Å². The fourth-order valence-corrected chi connectivity index (χ4v) is 5.68. The van der Waals surface area contributed by atoms with E-state index in [2.05, 4.69) is 20.6 Å². The first-order chi connectivity index (χ1) is 22.4. The molecule has 3 rings (SSSR count). The average Bonchev–Trinajstić information content (AvgIpc) is 3.55. The summed E-state index contributed by atoms with van der Waals surface area (Å²) in [6, 6.07) is 0. The van der Waals surface area contributed by atoms with Crippen LogP contribution in [0.25, 0.3) is 0 Å². The number of methoxy groups -OCH3 is 2. The van der Waals surface area contributed by atoms with Crippen molar-refractivity contribution in [1.82, 2.24) is 20.6 Å². The highest BCUT2D eigenvalue weighted by Crippen LogP contribution is 2.29. The highest BCUT2D eigenvalue weighted by atomic mass is 16.6. The molecule has 2 amide bonds. The van der Waals surface area contributed by atoms with Crippen molar-refractivity contribution in [2.24, 2.45) is 17.6 Å². The van der Waals surface area contributed by atoms with Crippen LogP contribution in [0, 0.1) is 11.8 Å². The number of hydrogen-bond donors (Lipinski definition) is 5. The number of carbonyl (C=O) groups is 4. The maximum atomic E-state index is 13.8. The first-order valence-electron chi connectivity index (χ1n) is 15.7. The average molecular weight is 654 g/mol. The van der Waals surface area contributed by atoms with Gasteiger partial charge in [-0.25, -0.2) is 9.78 Å². The number of imidazole rings is 1. The zero-order valence-electron chi connectivity index (χ0n) is 27.9. The minimum Gasteiger partial charge on any atom is -0.439 e. The third-order valence-electron chi connectivity index (χ3n) is 8.24. The number of aryl methyl sites for hydroxylation is 1. The van der Waals surface area contributed by atoms with Crippen molar-refractivity contribution >= 4 is 23.6 Å². The summed E-state index contributed by atoms with van der Waals surface area (Å²) in [6.45, 7) is 7.43. The number of ether oxygens (including phenoxy) is 3. The molecule has 0 spiro atoms. The molecular formula is C34H47N5O8. The number of aromatic nitrogens is 2. The summed E-state index contributed by atoms with van der Waals surface area (Å²) in [6.07, 6.45) is 8.51. The molecule has 0 radical (unpaired) electrons. The van der Waals surface area contributed by atoms with E-state index in [1.807, 2.05) is 13.8 Å². The molecule has 0 saturated heterocycles. The molecule has 6 atom stereocenters. The van der Waals surface area contributed by atoms with Crippen LogP contribution < -0.4 is 16.4 Å². The van der Waals surface area contributed by atoms with Gasteiger partial charge in [0.25, 0.3) is 5.91 Å². The summed E-state index contributed by atoms with van der Waals surface area (Å²) < 4.78 is 16.7. The summed E-state index contributed by atoms with van der Waals surface area (Å²) in [5.74, 6) is -1.31. The maximum absolute atomic E-state index is 13.8. The molecule has 0 saturated carbocycles. The van der Waals surface area contributed by atoms with E-state index < -0.39 is 53.9 Å². The lowest BCUT2D eigenvalue weighted by Gasteiger charge is -2.30. The van der Waals surface area contributed by atoms with E-state index in [-0.39, 0.29) is 34.9 Å². The largest absolute Gasteiger partial charge is 0.439 e. The summed E-state index contributed by atoms with van der Waals surface area (Å²) in [7, 11) is 2.93. The van der Waals surface area contributed by atoms with Crippen LogP contribution in [0.1, 0.15) is 52.8 Å². The SMILES string of the molecule is CO[C@@H]1/C=C\C=C(\C)C(=O)NC2=CC(=O)C(NCCCc3ncc[nH]3)=C(C[C@@H](C)C[C@@H](OC)[C@@H](O)[C@@H](C)/C=C(/C)[C@H]1OC(N)=O)C2=O. The molecule has 47 heavy (non-hydrogen) atoms. The van der Waals surface area contributed by atoms with Crippen LogP contribution in [-0.2, 0) is 35.0 Å². The van der Waals surface area contributed by atoms with Crippen molar-refractivity contribution in [2.75, 3.05) is 20.8 Å². The quantitative estimate of drug-likeness (QED) is 0.158. The van der Waals surface area contributed by atoms with E-state index in [1.165, 1.54) is 20.3 Å². The molecule has 2 aliphatic rings. The van der Waals surface area contributed by atoms with Gasteiger partial charge in [-0.05, 0) is 44.6 Å². The van der Waals surface area contributed by atoms with Gasteiger partial charge in [-0.2, -0.15) is 0 Å². The Morgan fingerprint density at radius 3 is 2.55 bits per heavy atom. The minimum atomic E-state index is -1.00. The van der Waals surface area contributed by atoms with Gasteiger partial charge < -0.3 is 40.7 Å². The molecule has 0 fully saturated rings. The van der Waals surface area contributed by atoms with Gasteiger partial charge in [-0.3, -0.25) is 14.4 Å². The number of fused-ring (bicyclic) bond motifs is 2. The molecule has 1 aromatic heterocycles. The van der Waals surface area contributed by atoms with Gasteiger partial charge in [0.1, 0.15) is 11.9 Å². The maximum Gasteiger partial charge on any atom is 0.405 e. The smallest absolute Gasteiger partial charge is 0.405 e. The van der Waals surface area contributed by atoms with E-state index in [9.17, 15) is 24.3 Å². The molecule has 6 N–H and O–H groups in total. The number of ketones is 2. The molecular weight excluding hydrogens is 606 g/mol. The highest BCUT2D eigenvalue weighted by Gasteiger charge is 2.33. The van der Waals surface area contributed by atoms with Crippen LogP contribution in [0.3, 0.4) is 0 Å². The van der Waals surface area contributed by atoms with E-state index in [0.717, 1.165) is 11.9 Å². The second-order valence-corrected chi connectivity index (χ2v) is 12.0. The molecule has 13 heteroatoms. The van der Waals surface area contributed by atoms with Crippen molar-refractivity contribution in [3.05, 3.63) is 76.7 Å². The topological polar surface area (TPSA) is 195 Å². The first kappa shape index (κ1) is 37.1. The number of aliphatic hydroxyl groups is 1. The second-order valence-electron chi connectivity index (χ2n) is 12.0. The fraction of sp³-hybridized carbons (Fsp3) is 0.500. The Kier molecular flexibility index (Phi) is 13.9. The number of aromatic amines is 1. The Hall–Kier alpha value is -4.33. The highest BCUT2D eigenvalue weighted by molar-refractivity contribution is 6.23. The molecule has 256 valence electrons. The van der Waals surface area contributed by atoms with E-state index in [4.69, 9.17) is 19.9 Å². The number of hydrogen-bond acceptors (Lipinski definition) is 10. The van der Waals surface area contributed by atoms with Crippen LogP contribution in [-0.4, -0.2) is 83.8 Å². The number of amides is 2. The van der Waals surface area contributed by atoms with Gasteiger partial charge in [0, 0.05) is 62.7 Å². The third kappa shape index (κ3) is 10.3. The minimum absolute atomic E-state index is 0.126. The van der Waals surface area contributed by atoms with Gasteiger partial charge in [0.15, 0.2) is 6.10 Å². The van der Waals surface area contributed by atoms with Crippen molar-refractivity contribution in [1.29, 1.82) is 0 Å². The Morgan fingerprint density at radius 1 is 1.17 bits per heavy atom. The molecule has 13 nitrogen and oxygen atoms in total. The molecule has 0 unspecified atom stereocenters.